The van der Waals surface area contributed by atoms with Crippen LogP contribution < -0.4 is 19.7 Å². The van der Waals surface area contributed by atoms with Crippen LogP contribution in [0.25, 0.3) is 0 Å². The van der Waals surface area contributed by atoms with Gasteiger partial charge in [0.1, 0.15) is 0 Å². The highest BCUT2D eigenvalue weighted by atomic mass is 16.7. The second-order valence-electron chi connectivity index (χ2n) is 3.82. The molecule has 0 aromatic heterocycles. The largest absolute Gasteiger partial charge is 0.454 e. The summed E-state index contributed by atoms with van der Waals surface area (Å²) in [7, 11) is 0. The Morgan fingerprint density at radius 1 is 1.38 bits per heavy atom. The molecule has 2 heterocycles. The number of anilines is 2. The number of benzene rings is 1. The minimum atomic E-state index is 0.0432. The molecular formula is C11H12N2O3. The zero-order valence-corrected chi connectivity index (χ0v) is 8.95. The van der Waals surface area contributed by atoms with Crippen LogP contribution in [0.5, 0.6) is 11.5 Å². The van der Waals surface area contributed by atoms with Crippen molar-refractivity contribution in [3.05, 3.63) is 12.1 Å². The molecule has 0 saturated heterocycles. The fourth-order valence-electron chi connectivity index (χ4n) is 2.05. The minimum Gasteiger partial charge on any atom is -0.454 e. The smallest absolute Gasteiger partial charge is 0.231 e. The standard InChI is InChI=1S/C11H12N2O3/c1-7(14)13-3-2-12-8-4-10-11(5-9(8)13)16-6-15-10/h4-5,12H,2-3,6H2,1H3. The van der Waals surface area contributed by atoms with Crippen molar-refractivity contribution in [1.29, 1.82) is 0 Å². The molecule has 0 atom stereocenters. The lowest BCUT2D eigenvalue weighted by molar-refractivity contribution is -0.116. The van der Waals surface area contributed by atoms with Crippen molar-refractivity contribution in [1.82, 2.24) is 0 Å². The van der Waals surface area contributed by atoms with Crippen molar-refractivity contribution in [3.8, 4) is 11.5 Å². The Hall–Kier alpha value is -1.91. The molecule has 0 fully saturated rings. The normalized spacial score (nSPS) is 16.7. The summed E-state index contributed by atoms with van der Waals surface area (Å²) in [6.45, 7) is 3.26. The van der Waals surface area contributed by atoms with Gasteiger partial charge < -0.3 is 19.7 Å². The molecule has 0 saturated carbocycles. The van der Waals surface area contributed by atoms with Gasteiger partial charge in [-0.1, -0.05) is 0 Å². The molecule has 0 radical (unpaired) electrons. The van der Waals surface area contributed by atoms with Gasteiger partial charge in [0.05, 0.1) is 11.4 Å². The maximum atomic E-state index is 11.5. The summed E-state index contributed by atoms with van der Waals surface area (Å²) in [5.74, 6) is 1.48. The van der Waals surface area contributed by atoms with Crippen LogP contribution in [0.2, 0.25) is 0 Å². The van der Waals surface area contributed by atoms with E-state index in [1.807, 2.05) is 12.1 Å². The number of nitrogens with one attached hydrogen (secondary N) is 1. The number of hydrogen-bond acceptors (Lipinski definition) is 4. The van der Waals surface area contributed by atoms with Crippen LogP contribution in [0.1, 0.15) is 6.92 Å². The highest BCUT2D eigenvalue weighted by Gasteiger charge is 2.24. The monoisotopic (exact) mass is 220 g/mol. The highest BCUT2D eigenvalue weighted by molar-refractivity contribution is 5.97. The molecule has 0 unspecified atom stereocenters. The van der Waals surface area contributed by atoms with E-state index in [9.17, 15) is 4.79 Å². The van der Waals surface area contributed by atoms with Gasteiger partial charge in [0, 0.05) is 32.1 Å². The molecule has 84 valence electrons. The third-order valence-corrected chi connectivity index (χ3v) is 2.81. The van der Waals surface area contributed by atoms with E-state index in [0.29, 0.717) is 12.3 Å². The summed E-state index contributed by atoms with van der Waals surface area (Å²) < 4.78 is 10.6. The minimum absolute atomic E-state index is 0.0432. The Bertz CT molecular complexity index is 459. The second kappa shape index (κ2) is 3.30. The van der Waals surface area contributed by atoms with Crippen LogP contribution in [-0.4, -0.2) is 25.8 Å². The van der Waals surface area contributed by atoms with Crippen LogP contribution in [0.4, 0.5) is 11.4 Å². The zero-order chi connectivity index (χ0) is 11.1. The van der Waals surface area contributed by atoms with Crippen molar-refractivity contribution >= 4 is 17.3 Å². The Balaban J connectivity index is 2.10. The number of rotatable bonds is 0. The number of amides is 1. The molecule has 1 N–H and O–H groups in total. The molecule has 3 rings (SSSR count). The van der Waals surface area contributed by atoms with E-state index in [0.717, 1.165) is 23.7 Å². The zero-order valence-electron chi connectivity index (χ0n) is 8.95. The van der Waals surface area contributed by atoms with Crippen LogP contribution in [-0.2, 0) is 4.79 Å². The lowest BCUT2D eigenvalue weighted by atomic mass is 10.1. The van der Waals surface area contributed by atoms with Crippen molar-refractivity contribution in [2.24, 2.45) is 0 Å². The van der Waals surface area contributed by atoms with Crippen molar-refractivity contribution < 1.29 is 14.3 Å². The van der Waals surface area contributed by atoms with Gasteiger partial charge in [0.2, 0.25) is 12.7 Å². The summed E-state index contributed by atoms with van der Waals surface area (Å²) in [6, 6.07) is 3.73. The van der Waals surface area contributed by atoms with E-state index >= 15 is 0 Å². The summed E-state index contributed by atoms with van der Waals surface area (Å²) >= 11 is 0. The molecule has 1 aromatic rings. The van der Waals surface area contributed by atoms with E-state index in [1.54, 1.807) is 11.8 Å². The summed E-state index contributed by atoms with van der Waals surface area (Å²) in [4.78, 5) is 13.2. The summed E-state index contributed by atoms with van der Waals surface area (Å²) in [5, 5.41) is 3.25. The van der Waals surface area contributed by atoms with Gasteiger partial charge in [-0.2, -0.15) is 0 Å². The predicted octanol–water partition coefficient (Wildman–Crippen LogP) is 1.19. The van der Waals surface area contributed by atoms with Gasteiger partial charge in [-0.05, 0) is 0 Å². The van der Waals surface area contributed by atoms with Crippen LogP contribution >= 0.6 is 0 Å². The third-order valence-electron chi connectivity index (χ3n) is 2.81. The fraction of sp³-hybridized carbons (Fsp3) is 0.364. The lowest BCUT2D eigenvalue weighted by Crippen LogP contribution is -2.37. The van der Waals surface area contributed by atoms with Gasteiger partial charge in [0.15, 0.2) is 11.5 Å². The van der Waals surface area contributed by atoms with E-state index in [2.05, 4.69) is 5.32 Å². The number of nitrogens with zero attached hydrogens (tertiary/aromatic N) is 1. The highest BCUT2D eigenvalue weighted by Crippen LogP contribution is 2.42. The summed E-state index contributed by atoms with van der Waals surface area (Å²) in [5.41, 5.74) is 1.79. The van der Waals surface area contributed by atoms with Crippen molar-refractivity contribution in [2.45, 2.75) is 6.92 Å². The maximum Gasteiger partial charge on any atom is 0.231 e. The molecule has 5 heteroatoms. The molecule has 0 bridgehead atoms. The maximum absolute atomic E-state index is 11.5. The first kappa shape index (κ1) is 9.33. The SMILES string of the molecule is CC(=O)N1CCNc2cc3c(cc21)OCO3. The number of hydrogen-bond donors (Lipinski definition) is 1. The van der Waals surface area contributed by atoms with Gasteiger partial charge in [-0.15, -0.1) is 0 Å². The predicted molar refractivity (Wildman–Crippen MR) is 59.1 cm³/mol. The Morgan fingerprint density at radius 2 is 2.12 bits per heavy atom. The molecular weight excluding hydrogens is 208 g/mol. The first-order chi connectivity index (χ1) is 7.75. The third kappa shape index (κ3) is 1.28. The molecule has 16 heavy (non-hydrogen) atoms. The van der Waals surface area contributed by atoms with Gasteiger partial charge in [-0.25, -0.2) is 0 Å². The number of ether oxygens (including phenoxy) is 2. The Kier molecular flexibility index (Phi) is 1.92. The van der Waals surface area contributed by atoms with E-state index < -0.39 is 0 Å². The van der Waals surface area contributed by atoms with Crippen LogP contribution in [0.3, 0.4) is 0 Å². The number of carbonyl (C=O) groups excluding carboxylic acids is 1. The quantitative estimate of drug-likeness (QED) is 0.713. The molecule has 5 nitrogen and oxygen atoms in total. The van der Waals surface area contributed by atoms with Gasteiger partial charge >= 0.3 is 0 Å². The fourth-order valence-corrected chi connectivity index (χ4v) is 2.05. The second-order valence-corrected chi connectivity index (χ2v) is 3.82. The molecule has 0 aliphatic carbocycles. The lowest BCUT2D eigenvalue weighted by Gasteiger charge is -2.29. The van der Waals surface area contributed by atoms with E-state index in [-0.39, 0.29) is 12.7 Å². The van der Waals surface area contributed by atoms with Crippen molar-refractivity contribution in [2.75, 3.05) is 30.1 Å². The average Bonchev–Trinajstić information content (AvgIpc) is 2.71. The van der Waals surface area contributed by atoms with E-state index in [4.69, 9.17) is 9.47 Å². The topological polar surface area (TPSA) is 50.8 Å². The molecule has 2 aliphatic rings. The van der Waals surface area contributed by atoms with Crippen LogP contribution in [0, 0.1) is 0 Å². The first-order valence-electron chi connectivity index (χ1n) is 5.21. The average molecular weight is 220 g/mol. The molecule has 0 spiro atoms. The Labute approximate surface area is 92.9 Å². The number of carbonyl (C=O) groups is 1. The van der Waals surface area contributed by atoms with Gasteiger partial charge in [0.25, 0.3) is 0 Å². The number of fused-ring (bicyclic) bond motifs is 2. The molecule has 1 aromatic carbocycles. The summed E-state index contributed by atoms with van der Waals surface area (Å²) in [6.07, 6.45) is 0. The Morgan fingerprint density at radius 3 is 2.88 bits per heavy atom. The van der Waals surface area contributed by atoms with E-state index in [1.165, 1.54) is 0 Å². The first-order valence-corrected chi connectivity index (χ1v) is 5.21. The van der Waals surface area contributed by atoms with Gasteiger partial charge in [-0.3, -0.25) is 4.79 Å². The van der Waals surface area contributed by atoms with Crippen LogP contribution in [0.15, 0.2) is 12.1 Å². The molecule has 1 amide bonds. The van der Waals surface area contributed by atoms with Crippen molar-refractivity contribution in [3.63, 3.8) is 0 Å². The molecule has 2 aliphatic heterocycles.